The van der Waals surface area contributed by atoms with Crippen molar-refractivity contribution in [1.29, 1.82) is 0 Å². The number of carbonyl (C=O) groups excluding carboxylic acids is 1. The van der Waals surface area contributed by atoms with Gasteiger partial charge in [0.25, 0.3) is 0 Å². The Morgan fingerprint density at radius 2 is 2.17 bits per heavy atom. The predicted molar refractivity (Wildman–Crippen MR) is 44.8 cm³/mol. The summed E-state index contributed by atoms with van der Waals surface area (Å²) in [5.74, 6) is -0.607. The largest absolute Gasteiger partial charge is 0.347 e. The first-order chi connectivity index (χ1) is 5.57. The fraction of sp³-hybridized carbons (Fsp3) is 0.889. The summed E-state index contributed by atoms with van der Waals surface area (Å²) in [7, 11) is 0. The van der Waals surface area contributed by atoms with Crippen molar-refractivity contribution in [2.45, 2.75) is 51.6 Å². The van der Waals surface area contributed by atoms with Gasteiger partial charge in [0.1, 0.15) is 12.4 Å². The second-order valence-corrected chi connectivity index (χ2v) is 3.58. The number of carbonyl (C=O) groups is 1. The van der Waals surface area contributed by atoms with Gasteiger partial charge in [-0.3, -0.25) is 0 Å². The Morgan fingerprint density at radius 1 is 1.50 bits per heavy atom. The molecule has 1 heterocycles. The first-order valence-corrected chi connectivity index (χ1v) is 4.38. The molecule has 70 valence electrons. The van der Waals surface area contributed by atoms with Crippen molar-refractivity contribution in [3.8, 4) is 0 Å². The molecule has 1 saturated heterocycles. The number of hydrogen-bond donors (Lipinski definition) is 0. The molecule has 0 radical (unpaired) electrons. The standard InChI is InChI=1S/C9H16O3/c1-4-7-5-8(6-10)12-9(2,3)11-7/h6-8H,4-5H2,1-3H3/t7-,8+/m1/s1. The molecule has 1 aliphatic rings. The van der Waals surface area contributed by atoms with Crippen LogP contribution < -0.4 is 0 Å². The third-order valence-electron chi connectivity index (χ3n) is 1.99. The van der Waals surface area contributed by atoms with Crippen LogP contribution in [0, 0.1) is 0 Å². The average Bonchev–Trinajstić information content (AvgIpc) is 2.01. The summed E-state index contributed by atoms with van der Waals surface area (Å²) in [4.78, 5) is 10.5. The van der Waals surface area contributed by atoms with Crippen molar-refractivity contribution in [2.75, 3.05) is 0 Å². The Bertz CT molecular complexity index is 165. The van der Waals surface area contributed by atoms with E-state index in [-0.39, 0.29) is 12.2 Å². The minimum atomic E-state index is -0.607. The maximum atomic E-state index is 10.5. The molecule has 3 nitrogen and oxygen atoms in total. The number of ether oxygens (including phenoxy) is 2. The summed E-state index contributed by atoms with van der Waals surface area (Å²) in [5, 5.41) is 0. The molecule has 0 spiro atoms. The Kier molecular flexibility index (Phi) is 2.85. The Hall–Kier alpha value is -0.410. The highest BCUT2D eigenvalue weighted by atomic mass is 16.7. The van der Waals surface area contributed by atoms with Gasteiger partial charge in [0.15, 0.2) is 5.79 Å². The molecule has 1 aliphatic heterocycles. The van der Waals surface area contributed by atoms with Crippen LogP contribution in [-0.4, -0.2) is 24.3 Å². The van der Waals surface area contributed by atoms with E-state index in [2.05, 4.69) is 0 Å². The van der Waals surface area contributed by atoms with Crippen LogP contribution in [0.2, 0.25) is 0 Å². The molecule has 1 fully saturated rings. The minimum absolute atomic E-state index is 0.156. The normalized spacial score (nSPS) is 34.6. The third-order valence-corrected chi connectivity index (χ3v) is 1.99. The highest BCUT2D eigenvalue weighted by Gasteiger charge is 2.34. The van der Waals surface area contributed by atoms with E-state index in [1.54, 1.807) is 0 Å². The molecule has 0 aromatic heterocycles. The van der Waals surface area contributed by atoms with Crippen LogP contribution in [0.1, 0.15) is 33.6 Å². The summed E-state index contributed by atoms with van der Waals surface area (Å²) in [5.41, 5.74) is 0. The van der Waals surface area contributed by atoms with Crippen molar-refractivity contribution in [3.05, 3.63) is 0 Å². The van der Waals surface area contributed by atoms with E-state index in [0.717, 1.165) is 12.7 Å². The van der Waals surface area contributed by atoms with Crippen molar-refractivity contribution < 1.29 is 14.3 Å². The summed E-state index contributed by atoms with van der Waals surface area (Å²) >= 11 is 0. The molecule has 3 heteroatoms. The van der Waals surface area contributed by atoms with Crippen LogP contribution in [0.15, 0.2) is 0 Å². The summed E-state index contributed by atoms with van der Waals surface area (Å²) < 4.78 is 10.9. The lowest BCUT2D eigenvalue weighted by molar-refractivity contribution is -0.291. The molecule has 1 rings (SSSR count). The fourth-order valence-corrected chi connectivity index (χ4v) is 1.48. The molecule has 2 atom stereocenters. The zero-order valence-electron chi connectivity index (χ0n) is 7.87. The van der Waals surface area contributed by atoms with Crippen LogP contribution >= 0.6 is 0 Å². The average molecular weight is 172 g/mol. The van der Waals surface area contributed by atoms with E-state index in [1.807, 2.05) is 20.8 Å². The zero-order valence-corrected chi connectivity index (χ0v) is 7.87. The van der Waals surface area contributed by atoms with Gasteiger partial charge in [-0.15, -0.1) is 0 Å². The molecule has 0 unspecified atom stereocenters. The molecule has 0 aliphatic carbocycles. The zero-order chi connectivity index (χ0) is 9.19. The molecular formula is C9H16O3. The van der Waals surface area contributed by atoms with E-state index in [4.69, 9.17) is 9.47 Å². The number of hydrogen-bond acceptors (Lipinski definition) is 3. The first-order valence-electron chi connectivity index (χ1n) is 4.38. The maximum absolute atomic E-state index is 10.5. The lowest BCUT2D eigenvalue weighted by Gasteiger charge is -2.38. The van der Waals surface area contributed by atoms with Crippen molar-refractivity contribution in [3.63, 3.8) is 0 Å². The summed E-state index contributed by atoms with van der Waals surface area (Å²) in [6, 6.07) is 0. The van der Waals surface area contributed by atoms with Gasteiger partial charge in [-0.2, -0.15) is 0 Å². The molecule has 0 saturated carbocycles. The predicted octanol–water partition coefficient (Wildman–Crippen LogP) is 1.51. The highest BCUT2D eigenvalue weighted by molar-refractivity contribution is 5.56. The van der Waals surface area contributed by atoms with Gasteiger partial charge in [0.2, 0.25) is 0 Å². The van der Waals surface area contributed by atoms with E-state index in [1.165, 1.54) is 0 Å². The van der Waals surface area contributed by atoms with Gasteiger partial charge >= 0.3 is 0 Å². The minimum Gasteiger partial charge on any atom is -0.347 e. The van der Waals surface area contributed by atoms with Crippen LogP contribution in [0.3, 0.4) is 0 Å². The molecule has 0 amide bonds. The smallest absolute Gasteiger partial charge is 0.164 e. The Morgan fingerprint density at radius 3 is 2.67 bits per heavy atom. The highest BCUT2D eigenvalue weighted by Crippen LogP contribution is 2.26. The Labute approximate surface area is 73.0 Å². The molecule has 12 heavy (non-hydrogen) atoms. The third kappa shape index (κ3) is 2.29. The SMILES string of the molecule is CC[C@@H]1C[C@@H](C=O)OC(C)(C)O1. The molecular weight excluding hydrogens is 156 g/mol. The van der Waals surface area contributed by atoms with Crippen molar-refractivity contribution in [1.82, 2.24) is 0 Å². The van der Waals surface area contributed by atoms with Crippen LogP contribution in [0.5, 0.6) is 0 Å². The maximum Gasteiger partial charge on any atom is 0.164 e. The topological polar surface area (TPSA) is 35.5 Å². The van der Waals surface area contributed by atoms with Crippen LogP contribution in [-0.2, 0) is 14.3 Å². The first kappa shape index (κ1) is 9.68. The molecule has 0 aromatic rings. The molecule has 0 aromatic carbocycles. The molecule has 0 bridgehead atoms. The lowest BCUT2D eigenvalue weighted by atomic mass is 10.1. The van der Waals surface area contributed by atoms with Crippen LogP contribution in [0.4, 0.5) is 0 Å². The van der Waals surface area contributed by atoms with Gasteiger partial charge in [0.05, 0.1) is 6.10 Å². The van der Waals surface area contributed by atoms with E-state index in [0.29, 0.717) is 6.42 Å². The van der Waals surface area contributed by atoms with Gasteiger partial charge in [-0.05, 0) is 20.3 Å². The molecule has 0 N–H and O–H groups in total. The van der Waals surface area contributed by atoms with Crippen molar-refractivity contribution >= 4 is 6.29 Å². The second-order valence-electron chi connectivity index (χ2n) is 3.58. The quantitative estimate of drug-likeness (QED) is 0.592. The fourth-order valence-electron chi connectivity index (χ4n) is 1.48. The van der Waals surface area contributed by atoms with Gasteiger partial charge < -0.3 is 14.3 Å². The summed E-state index contributed by atoms with van der Waals surface area (Å²) in [6.07, 6.45) is 2.33. The second kappa shape index (κ2) is 3.54. The van der Waals surface area contributed by atoms with Gasteiger partial charge in [-0.25, -0.2) is 0 Å². The van der Waals surface area contributed by atoms with E-state index >= 15 is 0 Å². The number of rotatable bonds is 2. The van der Waals surface area contributed by atoms with Gasteiger partial charge in [0, 0.05) is 6.42 Å². The lowest BCUT2D eigenvalue weighted by Crippen LogP contribution is -2.44. The van der Waals surface area contributed by atoms with Crippen molar-refractivity contribution in [2.24, 2.45) is 0 Å². The van der Waals surface area contributed by atoms with Crippen LogP contribution in [0.25, 0.3) is 0 Å². The monoisotopic (exact) mass is 172 g/mol. The van der Waals surface area contributed by atoms with E-state index < -0.39 is 5.79 Å². The van der Waals surface area contributed by atoms with E-state index in [9.17, 15) is 4.79 Å². The summed E-state index contributed by atoms with van der Waals surface area (Å²) in [6.45, 7) is 5.73. The Balaban J connectivity index is 2.58. The van der Waals surface area contributed by atoms with Gasteiger partial charge in [-0.1, -0.05) is 6.92 Å². The number of aldehydes is 1.